The quantitative estimate of drug-likeness (QED) is 0.318. The van der Waals surface area contributed by atoms with E-state index in [2.05, 4.69) is 25.1 Å². The van der Waals surface area contributed by atoms with Crippen LogP contribution in [0.3, 0.4) is 0 Å². The maximum Gasteiger partial charge on any atom is 1.00 e. The predicted molar refractivity (Wildman–Crippen MR) is 74.5 cm³/mol. The van der Waals surface area contributed by atoms with Crippen molar-refractivity contribution in [1.29, 1.82) is 0 Å². The van der Waals surface area contributed by atoms with Crippen LogP contribution in [0.4, 0.5) is 0 Å². The first-order chi connectivity index (χ1) is 9.68. The zero-order valence-corrected chi connectivity index (χ0v) is 15.2. The van der Waals surface area contributed by atoms with Crippen molar-refractivity contribution < 1.29 is 62.3 Å². The van der Waals surface area contributed by atoms with E-state index >= 15 is 0 Å². The van der Waals surface area contributed by atoms with Crippen LogP contribution in [0.15, 0.2) is 24.3 Å². The van der Waals surface area contributed by atoms with Crippen LogP contribution < -0.4 is 29.6 Å². The zero-order valence-electron chi connectivity index (χ0n) is 12.4. The summed E-state index contributed by atoms with van der Waals surface area (Å²) in [5.41, 5.74) is 1.32. The van der Waals surface area contributed by atoms with Crippen molar-refractivity contribution in [3.05, 3.63) is 35.9 Å². The van der Waals surface area contributed by atoms with Gasteiger partial charge in [-0.2, -0.15) is 44.3 Å². The van der Waals surface area contributed by atoms with Gasteiger partial charge < -0.3 is 10.2 Å². The number of carbonyl (C=O) groups is 2. The van der Waals surface area contributed by atoms with Gasteiger partial charge in [-0.1, -0.05) is 19.8 Å². The van der Waals surface area contributed by atoms with Crippen LogP contribution in [0.2, 0.25) is 0 Å². The van der Waals surface area contributed by atoms with Crippen molar-refractivity contribution in [3.8, 4) is 0 Å². The van der Waals surface area contributed by atoms with Gasteiger partial charge in [0.05, 0.1) is 6.42 Å². The van der Waals surface area contributed by atoms with E-state index in [0.717, 1.165) is 6.42 Å². The Morgan fingerprint density at radius 2 is 1.86 bits per heavy atom. The van der Waals surface area contributed by atoms with Gasteiger partial charge in [0.2, 0.25) is 0 Å². The van der Waals surface area contributed by atoms with Gasteiger partial charge in [0.1, 0.15) is 0 Å². The third kappa shape index (κ3) is 10.7. The summed E-state index contributed by atoms with van der Waals surface area (Å²) in [5.74, 6) is -3.50. The summed E-state index contributed by atoms with van der Waals surface area (Å²) in [6, 6.07) is 11.3. The number of carboxylic acids is 2. The first-order valence-corrected chi connectivity index (χ1v) is 7.55. The van der Waals surface area contributed by atoms with Crippen molar-refractivity contribution in [1.82, 2.24) is 0 Å². The molecule has 9 heteroatoms. The minimum atomic E-state index is -4.84. The molecular formula is C13H17NaO7S. The Hall–Kier alpha value is -0.930. The molecule has 1 aromatic rings. The Balaban J connectivity index is 0. The fourth-order valence-electron chi connectivity index (χ4n) is 1.33. The van der Waals surface area contributed by atoms with E-state index in [0.29, 0.717) is 0 Å². The molecule has 0 spiro atoms. The Bertz CT molecular complexity index is 557. The van der Waals surface area contributed by atoms with E-state index in [1.165, 1.54) is 12.0 Å². The topological polar surface area (TPSA) is 129 Å². The third-order valence-electron chi connectivity index (χ3n) is 2.29. The zero-order chi connectivity index (χ0) is 16.5. The summed E-state index contributed by atoms with van der Waals surface area (Å²) in [6.07, 6.45) is 1.20. The molecule has 22 heavy (non-hydrogen) atoms. The van der Waals surface area contributed by atoms with Crippen molar-refractivity contribution in [2.45, 2.75) is 31.4 Å². The van der Waals surface area contributed by atoms with E-state index < -0.39 is 33.7 Å². The fraction of sp³-hybridized carbons (Fsp3) is 0.385. The first-order valence-electron chi connectivity index (χ1n) is 6.05. The van der Waals surface area contributed by atoms with Crippen molar-refractivity contribution in [2.24, 2.45) is 0 Å². The molecule has 0 fully saturated rings. The Labute approximate surface area is 151 Å². The molecule has 1 unspecified atom stereocenters. The number of rotatable bonds is 6. The molecule has 1 atom stereocenters. The normalized spacial score (nSPS) is 11.4. The summed E-state index contributed by atoms with van der Waals surface area (Å²) >= 11 is 0. The van der Waals surface area contributed by atoms with Crippen LogP contribution in [-0.4, -0.2) is 40.4 Å². The predicted octanol–water partition coefficient (Wildman–Crippen LogP) is -1.75. The van der Waals surface area contributed by atoms with Gasteiger partial charge in [0, 0.05) is 0 Å². The fourth-order valence-corrected chi connectivity index (χ4v) is 1.94. The van der Waals surface area contributed by atoms with Gasteiger partial charge in [0.15, 0.2) is 5.25 Å². The molecule has 118 valence electrons. The molecular weight excluding hydrogens is 323 g/mol. The van der Waals surface area contributed by atoms with E-state index in [4.69, 9.17) is 14.8 Å². The smallest absolute Gasteiger partial charge is 0.481 e. The van der Waals surface area contributed by atoms with Gasteiger partial charge in [-0.15, -0.1) is 0 Å². The number of aryl methyl sites for hydroxylation is 1. The van der Waals surface area contributed by atoms with Crippen LogP contribution in [0.1, 0.15) is 25.3 Å². The van der Waals surface area contributed by atoms with E-state index in [1.807, 2.05) is 12.1 Å². The molecule has 0 bridgehead atoms. The molecule has 7 nitrogen and oxygen atoms in total. The minimum Gasteiger partial charge on any atom is -0.481 e. The Morgan fingerprint density at radius 3 is 2.14 bits per heavy atom. The second-order valence-electron chi connectivity index (χ2n) is 4.08. The molecule has 0 amide bonds. The third-order valence-corrected chi connectivity index (χ3v) is 3.38. The maximum absolute atomic E-state index is 10.2. The molecule has 0 aliphatic heterocycles. The maximum atomic E-state index is 10.2. The average molecular weight is 340 g/mol. The number of hydrogen-bond donors (Lipinski definition) is 3. The average Bonchev–Trinajstić information content (AvgIpc) is 2.36. The molecule has 0 saturated heterocycles. The van der Waals surface area contributed by atoms with Crippen molar-refractivity contribution in [3.63, 3.8) is 0 Å². The van der Waals surface area contributed by atoms with Crippen LogP contribution in [0.5, 0.6) is 0 Å². The number of carboxylic acid groups (broad SMARTS) is 2. The van der Waals surface area contributed by atoms with E-state index in [9.17, 15) is 18.0 Å². The SMILES string of the molecule is CCCc1[c-]cccc1.O=C(O)CC(C(=O)O)S(=O)(=O)O.[Na+]. The van der Waals surface area contributed by atoms with E-state index in [1.54, 1.807) is 0 Å². The first kappa shape index (κ1) is 23.3. The largest absolute Gasteiger partial charge is 1.00 e. The summed E-state index contributed by atoms with van der Waals surface area (Å²) in [7, 11) is -4.84. The van der Waals surface area contributed by atoms with E-state index in [-0.39, 0.29) is 29.6 Å². The summed E-state index contributed by atoms with van der Waals surface area (Å²) < 4.78 is 28.7. The van der Waals surface area contributed by atoms with Crippen molar-refractivity contribution in [2.75, 3.05) is 0 Å². The molecule has 1 aromatic carbocycles. The number of aliphatic carboxylic acids is 2. The molecule has 3 N–H and O–H groups in total. The molecule has 0 radical (unpaired) electrons. The molecule has 0 aliphatic carbocycles. The number of benzene rings is 1. The summed E-state index contributed by atoms with van der Waals surface area (Å²) in [4.78, 5) is 20.0. The Morgan fingerprint density at radius 1 is 1.27 bits per heavy atom. The number of hydrogen-bond acceptors (Lipinski definition) is 4. The molecule has 0 aromatic heterocycles. The van der Waals surface area contributed by atoms with Gasteiger partial charge in [0.25, 0.3) is 10.1 Å². The second kappa shape index (κ2) is 11.6. The summed E-state index contributed by atoms with van der Waals surface area (Å²) in [6.45, 7) is 2.18. The van der Waals surface area contributed by atoms with Gasteiger partial charge in [-0.05, 0) is 0 Å². The van der Waals surface area contributed by atoms with Crippen molar-refractivity contribution >= 4 is 22.1 Å². The summed E-state index contributed by atoms with van der Waals surface area (Å²) in [5, 5.41) is 13.9. The van der Waals surface area contributed by atoms with Gasteiger partial charge in [-0.25, -0.2) is 0 Å². The molecule has 1 rings (SSSR count). The monoisotopic (exact) mass is 340 g/mol. The van der Waals surface area contributed by atoms with Crippen LogP contribution in [0.25, 0.3) is 0 Å². The molecule has 0 saturated carbocycles. The van der Waals surface area contributed by atoms with Crippen LogP contribution in [0, 0.1) is 6.07 Å². The Kier molecular flexibility index (Phi) is 12.3. The van der Waals surface area contributed by atoms with Crippen LogP contribution >= 0.6 is 0 Å². The van der Waals surface area contributed by atoms with Gasteiger partial charge in [-0.3, -0.25) is 14.1 Å². The minimum absolute atomic E-state index is 0. The molecule has 0 aliphatic rings. The van der Waals surface area contributed by atoms with Crippen LogP contribution in [-0.2, 0) is 26.1 Å². The standard InChI is InChI=1S/C9H11.C4H6O7S.Na/c1-2-6-9-7-4-3-5-8-9;5-3(6)1-2(4(7)8)12(9,10)11;/h3-5,7H,2,6H2,1H3;2H,1H2,(H,5,6)(H,7,8)(H,9,10,11);/q-1;;+1. The second-order valence-corrected chi connectivity index (χ2v) is 5.68. The molecule has 0 heterocycles. The van der Waals surface area contributed by atoms with Gasteiger partial charge >= 0.3 is 41.5 Å².